The van der Waals surface area contributed by atoms with Crippen LogP contribution in [0.2, 0.25) is 0 Å². The van der Waals surface area contributed by atoms with Crippen LogP contribution in [0.25, 0.3) is 10.8 Å². The lowest BCUT2D eigenvalue weighted by Gasteiger charge is -2.06. The largest absolute Gasteiger partial charge is 0.487 e. The Labute approximate surface area is 120 Å². The van der Waals surface area contributed by atoms with Gasteiger partial charge in [0.1, 0.15) is 18.1 Å². The highest BCUT2D eigenvalue weighted by Crippen LogP contribution is 2.22. The molecule has 6 heteroatoms. The quantitative estimate of drug-likeness (QED) is 0.743. The fourth-order valence-corrected chi connectivity index (χ4v) is 1.95. The van der Waals surface area contributed by atoms with Gasteiger partial charge in [-0.05, 0) is 35.7 Å². The molecule has 0 aliphatic carbocycles. The highest BCUT2D eigenvalue weighted by atomic mass is 16.5. The molecule has 0 spiro atoms. The van der Waals surface area contributed by atoms with E-state index in [1.807, 2.05) is 24.3 Å². The highest BCUT2D eigenvalue weighted by Gasteiger charge is 2.08. The molecule has 0 unspecified atom stereocenters. The van der Waals surface area contributed by atoms with Crippen molar-refractivity contribution in [2.45, 2.75) is 6.61 Å². The minimum Gasteiger partial charge on any atom is -0.487 e. The van der Waals surface area contributed by atoms with Gasteiger partial charge in [-0.2, -0.15) is 5.10 Å². The Morgan fingerprint density at radius 2 is 2.14 bits per heavy atom. The van der Waals surface area contributed by atoms with Crippen molar-refractivity contribution in [3.8, 4) is 5.75 Å². The van der Waals surface area contributed by atoms with Gasteiger partial charge in [0.25, 0.3) is 0 Å². The average molecular weight is 283 g/mol. The van der Waals surface area contributed by atoms with Crippen LogP contribution in [-0.2, 0) is 11.3 Å². The van der Waals surface area contributed by atoms with Crippen LogP contribution in [0.15, 0.2) is 42.7 Å². The summed E-state index contributed by atoms with van der Waals surface area (Å²) in [6.45, 7) is 0.403. The van der Waals surface area contributed by atoms with E-state index in [0.29, 0.717) is 12.4 Å². The van der Waals surface area contributed by atoms with E-state index in [4.69, 9.17) is 4.74 Å². The molecule has 0 atom stereocenters. The molecule has 0 saturated carbocycles. The minimum atomic E-state index is -0.458. The lowest BCUT2D eigenvalue weighted by molar-refractivity contribution is 0.0594. The monoisotopic (exact) mass is 283 g/mol. The van der Waals surface area contributed by atoms with Gasteiger partial charge in [-0.25, -0.2) is 9.78 Å². The molecular weight excluding hydrogens is 270 g/mol. The number of esters is 1. The molecule has 2 heterocycles. The van der Waals surface area contributed by atoms with E-state index in [1.54, 1.807) is 18.5 Å². The maximum atomic E-state index is 11.5. The van der Waals surface area contributed by atoms with E-state index in [9.17, 15) is 4.79 Å². The van der Waals surface area contributed by atoms with Crippen molar-refractivity contribution < 1.29 is 14.3 Å². The SMILES string of the molecule is COC(=O)c1cc2cc(OCc3ccn[nH]3)ccc2cn1. The summed E-state index contributed by atoms with van der Waals surface area (Å²) >= 11 is 0. The summed E-state index contributed by atoms with van der Waals surface area (Å²) in [5.41, 5.74) is 1.16. The van der Waals surface area contributed by atoms with Crippen LogP contribution in [0.3, 0.4) is 0 Å². The van der Waals surface area contributed by atoms with Crippen molar-refractivity contribution in [2.75, 3.05) is 7.11 Å². The average Bonchev–Trinajstić information content (AvgIpc) is 3.04. The van der Waals surface area contributed by atoms with E-state index < -0.39 is 5.97 Å². The van der Waals surface area contributed by atoms with Gasteiger partial charge in [-0.1, -0.05) is 0 Å². The van der Waals surface area contributed by atoms with Gasteiger partial charge in [0.05, 0.1) is 12.8 Å². The topological polar surface area (TPSA) is 77.1 Å². The lowest BCUT2D eigenvalue weighted by atomic mass is 10.1. The van der Waals surface area contributed by atoms with Crippen LogP contribution in [0.5, 0.6) is 5.75 Å². The van der Waals surface area contributed by atoms with Crippen LogP contribution in [-0.4, -0.2) is 28.3 Å². The maximum Gasteiger partial charge on any atom is 0.356 e. The number of H-pyrrole nitrogens is 1. The van der Waals surface area contributed by atoms with Crippen molar-refractivity contribution in [3.05, 3.63) is 54.1 Å². The molecule has 21 heavy (non-hydrogen) atoms. The smallest absolute Gasteiger partial charge is 0.356 e. The molecule has 2 aromatic heterocycles. The molecular formula is C15H13N3O3. The van der Waals surface area contributed by atoms with Gasteiger partial charge in [0.15, 0.2) is 0 Å². The number of methoxy groups -OCH3 is 1. The third-order valence-electron chi connectivity index (χ3n) is 3.04. The summed E-state index contributed by atoms with van der Waals surface area (Å²) < 4.78 is 10.3. The molecule has 0 amide bonds. The minimum absolute atomic E-state index is 0.274. The zero-order valence-corrected chi connectivity index (χ0v) is 11.4. The number of hydrogen-bond acceptors (Lipinski definition) is 5. The van der Waals surface area contributed by atoms with E-state index in [1.165, 1.54) is 7.11 Å². The molecule has 0 radical (unpaired) electrons. The third kappa shape index (κ3) is 2.84. The van der Waals surface area contributed by atoms with E-state index in [0.717, 1.165) is 16.5 Å². The van der Waals surface area contributed by atoms with Crippen LogP contribution in [0.4, 0.5) is 0 Å². The van der Waals surface area contributed by atoms with Crippen molar-refractivity contribution in [2.24, 2.45) is 0 Å². The number of hydrogen-bond donors (Lipinski definition) is 1. The lowest BCUT2D eigenvalue weighted by Crippen LogP contribution is -2.03. The van der Waals surface area contributed by atoms with Crippen molar-refractivity contribution in [1.29, 1.82) is 0 Å². The zero-order chi connectivity index (χ0) is 14.7. The molecule has 3 rings (SSSR count). The fraction of sp³-hybridized carbons (Fsp3) is 0.133. The second-order valence-electron chi connectivity index (χ2n) is 4.44. The Bertz CT molecular complexity index is 769. The first-order valence-corrected chi connectivity index (χ1v) is 6.35. The van der Waals surface area contributed by atoms with Gasteiger partial charge in [-0.3, -0.25) is 5.10 Å². The van der Waals surface area contributed by atoms with Crippen LogP contribution >= 0.6 is 0 Å². The maximum absolute atomic E-state index is 11.5. The summed E-state index contributed by atoms with van der Waals surface area (Å²) in [5, 5.41) is 8.49. The first kappa shape index (κ1) is 13.1. The molecule has 3 aromatic rings. The van der Waals surface area contributed by atoms with Gasteiger partial charge in [0.2, 0.25) is 0 Å². The molecule has 1 N–H and O–H groups in total. The number of aromatic nitrogens is 3. The molecule has 106 valence electrons. The predicted molar refractivity (Wildman–Crippen MR) is 76.0 cm³/mol. The second-order valence-corrected chi connectivity index (χ2v) is 4.44. The third-order valence-corrected chi connectivity index (χ3v) is 3.04. The summed E-state index contributed by atoms with van der Waals surface area (Å²) in [4.78, 5) is 15.6. The van der Waals surface area contributed by atoms with E-state index in [-0.39, 0.29) is 5.69 Å². The standard InChI is InChI=1S/C15H13N3O3/c1-20-15(19)14-7-11-6-13(3-2-10(11)8-16-14)21-9-12-4-5-17-18-12/h2-8H,9H2,1H3,(H,17,18). The second kappa shape index (κ2) is 5.62. The van der Waals surface area contributed by atoms with E-state index >= 15 is 0 Å². The van der Waals surface area contributed by atoms with Crippen LogP contribution in [0.1, 0.15) is 16.2 Å². The molecule has 0 aliphatic rings. The van der Waals surface area contributed by atoms with Crippen LogP contribution in [0, 0.1) is 0 Å². The van der Waals surface area contributed by atoms with Crippen LogP contribution < -0.4 is 4.74 Å². The zero-order valence-electron chi connectivity index (χ0n) is 11.4. The normalized spacial score (nSPS) is 10.5. The molecule has 0 saturated heterocycles. The Balaban J connectivity index is 1.85. The Morgan fingerprint density at radius 1 is 1.24 bits per heavy atom. The van der Waals surface area contributed by atoms with E-state index in [2.05, 4.69) is 19.9 Å². The first-order valence-electron chi connectivity index (χ1n) is 6.35. The summed E-state index contributed by atoms with van der Waals surface area (Å²) in [6.07, 6.45) is 3.31. The summed E-state index contributed by atoms with van der Waals surface area (Å²) in [6, 6.07) is 9.15. The summed E-state index contributed by atoms with van der Waals surface area (Å²) in [7, 11) is 1.33. The number of carbonyl (C=O) groups is 1. The Morgan fingerprint density at radius 3 is 2.90 bits per heavy atom. The molecule has 0 aliphatic heterocycles. The molecule has 1 aromatic carbocycles. The number of ether oxygens (including phenoxy) is 2. The van der Waals surface area contributed by atoms with Crippen molar-refractivity contribution >= 4 is 16.7 Å². The molecule has 0 fully saturated rings. The number of nitrogens with one attached hydrogen (secondary N) is 1. The predicted octanol–water partition coefficient (Wildman–Crippen LogP) is 2.32. The number of carbonyl (C=O) groups excluding carboxylic acids is 1. The Kier molecular flexibility index (Phi) is 3.51. The number of nitrogens with zero attached hydrogens (tertiary/aromatic N) is 2. The van der Waals surface area contributed by atoms with Gasteiger partial charge in [-0.15, -0.1) is 0 Å². The highest BCUT2D eigenvalue weighted by molar-refractivity contribution is 5.93. The Hall–Kier alpha value is -2.89. The number of aromatic amines is 1. The number of benzene rings is 1. The van der Waals surface area contributed by atoms with Gasteiger partial charge in [0, 0.05) is 17.8 Å². The number of rotatable bonds is 4. The van der Waals surface area contributed by atoms with Crippen molar-refractivity contribution in [1.82, 2.24) is 15.2 Å². The fourth-order valence-electron chi connectivity index (χ4n) is 1.95. The molecule has 0 bridgehead atoms. The van der Waals surface area contributed by atoms with Gasteiger partial charge < -0.3 is 9.47 Å². The first-order chi connectivity index (χ1) is 10.3. The number of pyridine rings is 1. The van der Waals surface area contributed by atoms with Crippen molar-refractivity contribution in [3.63, 3.8) is 0 Å². The number of fused-ring (bicyclic) bond motifs is 1. The molecule has 6 nitrogen and oxygen atoms in total. The summed E-state index contributed by atoms with van der Waals surface area (Å²) in [5.74, 6) is 0.250. The van der Waals surface area contributed by atoms with Gasteiger partial charge >= 0.3 is 5.97 Å².